The van der Waals surface area contributed by atoms with Gasteiger partial charge in [-0.05, 0) is 25.3 Å². The van der Waals surface area contributed by atoms with E-state index < -0.39 is 12.0 Å². The van der Waals surface area contributed by atoms with E-state index in [1.807, 2.05) is 30.3 Å². The first-order valence-electron chi connectivity index (χ1n) is 6.71. The van der Waals surface area contributed by atoms with Gasteiger partial charge in [0.1, 0.15) is 12.6 Å². The monoisotopic (exact) mass is 315 g/mol. The predicted molar refractivity (Wildman–Crippen MR) is 81.9 cm³/mol. The van der Waals surface area contributed by atoms with Crippen LogP contribution in [0.1, 0.15) is 31.7 Å². The lowest BCUT2D eigenvalue weighted by Gasteiger charge is -2.07. The van der Waals surface area contributed by atoms with Gasteiger partial charge in [0, 0.05) is 6.42 Å². The van der Waals surface area contributed by atoms with Crippen LogP contribution in [0.5, 0.6) is 0 Å². The lowest BCUT2D eigenvalue weighted by molar-refractivity contribution is -0.145. The van der Waals surface area contributed by atoms with Gasteiger partial charge in [0.05, 0.1) is 6.61 Å². The van der Waals surface area contributed by atoms with Crippen molar-refractivity contribution in [3.8, 4) is 0 Å². The Bertz CT molecular complexity index is 423. The maximum Gasteiger partial charge on any atom is 0.322 e. The second-order valence-corrected chi connectivity index (χ2v) is 4.56. The second kappa shape index (κ2) is 11.1. The lowest BCUT2D eigenvalue weighted by Crippen LogP contribution is -2.28. The van der Waals surface area contributed by atoms with Crippen molar-refractivity contribution in [1.29, 1.82) is 0 Å². The number of hydrogen-bond acceptors (Lipinski definition) is 5. The summed E-state index contributed by atoms with van der Waals surface area (Å²) in [6.07, 6.45) is 1.57. The minimum atomic E-state index is -0.606. The van der Waals surface area contributed by atoms with Gasteiger partial charge in [-0.15, -0.1) is 12.4 Å². The summed E-state index contributed by atoms with van der Waals surface area (Å²) in [6, 6.07) is 8.91. The zero-order valence-corrected chi connectivity index (χ0v) is 12.9. The fourth-order valence-electron chi connectivity index (χ4n) is 1.49. The minimum absolute atomic E-state index is 0. The van der Waals surface area contributed by atoms with Crippen molar-refractivity contribution in [3.05, 3.63) is 35.9 Å². The van der Waals surface area contributed by atoms with Gasteiger partial charge >= 0.3 is 11.9 Å². The number of hydrogen-bond donors (Lipinski definition) is 1. The number of benzene rings is 1. The molecule has 0 saturated carbocycles. The fourth-order valence-corrected chi connectivity index (χ4v) is 1.49. The molecule has 21 heavy (non-hydrogen) atoms. The highest BCUT2D eigenvalue weighted by Gasteiger charge is 2.08. The van der Waals surface area contributed by atoms with Crippen molar-refractivity contribution in [2.45, 2.75) is 38.8 Å². The average molecular weight is 316 g/mol. The first-order chi connectivity index (χ1) is 9.59. The number of halogens is 1. The third-order valence-electron chi connectivity index (χ3n) is 2.63. The van der Waals surface area contributed by atoms with Crippen LogP contribution in [0, 0.1) is 0 Å². The number of carbonyl (C=O) groups is 2. The first-order valence-corrected chi connectivity index (χ1v) is 6.71. The fraction of sp³-hybridized carbons (Fsp3) is 0.467. The molecule has 1 rings (SSSR count). The zero-order chi connectivity index (χ0) is 14.8. The van der Waals surface area contributed by atoms with Crippen molar-refractivity contribution in [3.63, 3.8) is 0 Å². The average Bonchev–Trinajstić information content (AvgIpc) is 2.45. The summed E-state index contributed by atoms with van der Waals surface area (Å²) in [6.45, 7) is 2.15. The third kappa shape index (κ3) is 9.05. The van der Waals surface area contributed by atoms with Gasteiger partial charge in [0.2, 0.25) is 0 Å². The van der Waals surface area contributed by atoms with Crippen molar-refractivity contribution in [2.24, 2.45) is 5.73 Å². The summed E-state index contributed by atoms with van der Waals surface area (Å²) in [5.41, 5.74) is 6.31. The topological polar surface area (TPSA) is 78.6 Å². The molecule has 0 aliphatic rings. The Morgan fingerprint density at radius 3 is 2.43 bits per heavy atom. The number of ether oxygens (including phenoxy) is 2. The molecule has 0 saturated heterocycles. The van der Waals surface area contributed by atoms with Crippen LogP contribution in [0.4, 0.5) is 0 Å². The maximum absolute atomic E-state index is 11.5. The number of nitrogens with two attached hydrogens (primary N) is 1. The molecule has 0 aliphatic carbocycles. The molecule has 0 heterocycles. The molecule has 0 amide bonds. The maximum atomic E-state index is 11.5. The van der Waals surface area contributed by atoms with Crippen molar-refractivity contribution >= 4 is 24.3 Å². The van der Waals surface area contributed by atoms with E-state index in [1.165, 1.54) is 0 Å². The van der Waals surface area contributed by atoms with E-state index in [2.05, 4.69) is 0 Å². The third-order valence-corrected chi connectivity index (χ3v) is 2.63. The molecule has 0 unspecified atom stereocenters. The van der Waals surface area contributed by atoms with Crippen molar-refractivity contribution in [1.82, 2.24) is 0 Å². The summed E-state index contributed by atoms with van der Waals surface area (Å²) in [7, 11) is 0. The summed E-state index contributed by atoms with van der Waals surface area (Å²) in [5.74, 6) is -0.663. The van der Waals surface area contributed by atoms with Crippen molar-refractivity contribution < 1.29 is 19.1 Å². The van der Waals surface area contributed by atoms with Crippen LogP contribution in [0.25, 0.3) is 0 Å². The van der Waals surface area contributed by atoms with E-state index in [-0.39, 0.29) is 25.0 Å². The van der Waals surface area contributed by atoms with Crippen LogP contribution < -0.4 is 5.73 Å². The van der Waals surface area contributed by atoms with E-state index in [1.54, 1.807) is 6.92 Å². The molecule has 1 aromatic rings. The lowest BCUT2D eigenvalue weighted by atomic mass is 10.2. The molecule has 1 aromatic carbocycles. The molecule has 0 spiro atoms. The largest absolute Gasteiger partial charge is 0.465 e. The molecule has 0 radical (unpaired) electrons. The normalized spacial score (nSPS) is 11.1. The molecular formula is C15H22ClNO4. The summed E-state index contributed by atoms with van der Waals surface area (Å²) >= 11 is 0. The van der Waals surface area contributed by atoms with Crippen LogP contribution in [0.3, 0.4) is 0 Å². The highest BCUT2D eigenvalue weighted by molar-refractivity contribution is 5.85. The molecular weight excluding hydrogens is 294 g/mol. The van der Waals surface area contributed by atoms with E-state index >= 15 is 0 Å². The summed E-state index contributed by atoms with van der Waals surface area (Å²) in [4.78, 5) is 22.5. The van der Waals surface area contributed by atoms with Gasteiger partial charge in [0.15, 0.2) is 0 Å². The Morgan fingerprint density at radius 1 is 1.14 bits per heavy atom. The Labute approximate surface area is 131 Å². The molecule has 1 atom stereocenters. The SMILES string of the molecule is C[C@H](N)C(=O)OCCCCC(=O)OCc1ccccc1.Cl. The van der Waals surface area contributed by atoms with Crippen LogP contribution in [-0.2, 0) is 25.7 Å². The summed E-state index contributed by atoms with van der Waals surface area (Å²) in [5, 5.41) is 0. The van der Waals surface area contributed by atoms with E-state index in [0.29, 0.717) is 25.9 Å². The number of carbonyl (C=O) groups excluding carboxylic acids is 2. The zero-order valence-electron chi connectivity index (χ0n) is 12.1. The van der Waals surface area contributed by atoms with Gasteiger partial charge in [-0.3, -0.25) is 9.59 Å². The van der Waals surface area contributed by atoms with Crippen LogP contribution in [0.2, 0.25) is 0 Å². The number of unbranched alkanes of at least 4 members (excludes halogenated alkanes) is 1. The first kappa shape index (κ1) is 19.4. The molecule has 0 fully saturated rings. The Morgan fingerprint density at radius 2 is 1.81 bits per heavy atom. The molecule has 0 bridgehead atoms. The standard InChI is InChI=1S/C15H21NO4.ClH/c1-12(16)15(18)19-10-6-5-9-14(17)20-11-13-7-3-2-4-8-13;/h2-4,7-8,12H,5-6,9-11,16H2,1H3;1H/t12-;/m0./s1. The highest BCUT2D eigenvalue weighted by Crippen LogP contribution is 2.04. The van der Waals surface area contributed by atoms with E-state index in [9.17, 15) is 9.59 Å². The second-order valence-electron chi connectivity index (χ2n) is 4.56. The Kier molecular flexibility index (Phi) is 10.3. The number of rotatable bonds is 8. The van der Waals surface area contributed by atoms with Gasteiger partial charge in [0.25, 0.3) is 0 Å². The van der Waals surface area contributed by atoms with Gasteiger partial charge < -0.3 is 15.2 Å². The Balaban J connectivity index is 0.00000400. The highest BCUT2D eigenvalue weighted by atomic mass is 35.5. The van der Waals surface area contributed by atoms with Gasteiger partial charge in [-0.25, -0.2) is 0 Å². The Hall–Kier alpha value is -1.59. The van der Waals surface area contributed by atoms with Gasteiger partial charge in [-0.1, -0.05) is 30.3 Å². The summed E-state index contributed by atoms with van der Waals surface area (Å²) < 4.78 is 10.0. The van der Waals surface area contributed by atoms with Crippen LogP contribution >= 0.6 is 12.4 Å². The number of esters is 2. The molecule has 0 aliphatic heterocycles. The minimum Gasteiger partial charge on any atom is -0.465 e. The molecule has 0 aromatic heterocycles. The predicted octanol–water partition coefficient (Wildman–Crippen LogP) is 2.21. The molecule has 6 heteroatoms. The van der Waals surface area contributed by atoms with E-state index in [0.717, 1.165) is 5.56 Å². The quantitative estimate of drug-likeness (QED) is 0.588. The van der Waals surface area contributed by atoms with Crippen LogP contribution in [0.15, 0.2) is 30.3 Å². The van der Waals surface area contributed by atoms with Crippen molar-refractivity contribution in [2.75, 3.05) is 6.61 Å². The van der Waals surface area contributed by atoms with Crippen LogP contribution in [-0.4, -0.2) is 24.6 Å². The van der Waals surface area contributed by atoms with E-state index in [4.69, 9.17) is 15.2 Å². The molecule has 2 N–H and O–H groups in total. The molecule has 118 valence electrons. The smallest absolute Gasteiger partial charge is 0.322 e. The molecule has 5 nitrogen and oxygen atoms in total. The van der Waals surface area contributed by atoms with Gasteiger partial charge in [-0.2, -0.15) is 0 Å².